The van der Waals surface area contributed by atoms with Crippen LogP contribution in [0.25, 0.3) is 0 Å². The zero-order valence-electron chi connectivity index (χ0n) is 15.7. The second-order valence-electron chi connectivity index (χ2n) is 7.36. The predicted molar refractivity (Wildman–Crippen MR) is 113 cm³/mol. The largest absolute Gasteiger partial charge is 0.329 e. The molecule has 0 radical (unpaired) electrons. The number of rotatable bonds is 4. The molecule has 3 heterocycles. The van der Waals surface area contributed by atoms with Crippen LogP contribution in [-0.2, 0) is 19.4 Å². The molecule has 2 aliphatic rings. The van der Waals surface area contributed by atoms with Gasteiger partial charge in [-0.3, -0.25) is 9.78 Å². The van der Waals surface area contributed by atoms with Crippen LogP contribution in [0.5, 0.6) is 0 Å². The summed E-state index contributed by atoms with van der Waals surface area (Å²) in [7, 11) is 0. The van der Waals surface area contributed by atoms with Crippen LogP contribution >= 0.6 is 23.7 Å². The molecule has 0 bridgehead atoms. The standard InChI is InChI=1S/C21H27N3OS.ClH/c25-21(20-14-16-6-1-2-9-19(16)26-20)24(15-17-7-3-4-12-23-17)18-8-5-11-22-13-10-18;/h3-4,7,12,14,18,22H,1-2,5-6,8-11,13,15H2;1H. The van der Waals surface area contributed by atoms with Crippen LogP contribution in [-0.4, -0.2) is 34.9 Å². The third-order valence-electron chi connectivity index (χ3n) is 5.51. The molecule has 1 aliphatic heterocycles. The number of hydrogen-bond donors (Lipinski definition) is 1. The first-order chi connectivity index (χ1) is 12.8. The highest BCUT2D eigenvalue weighted by atomic mass is 35.5. The average molecular weight is 406 g/mol. The van der Waals surface area contributed by atoms with Crippen molar-refractivity contribution >= 4 is 29.7 Å². The summed E-state index contributed by atoms with van der Waals surface area (Å²) >= 11 is 1.72. The molecule has 6 heteroatoms. The van der Waals surface area contributed by atoms with Gasteiger partial charge in [0.2, 0.25) is 0 Å². The Morgan fingerprint density at radius 2 is 2.07 bits per heavy atom. The van der Waals surface area contributed by atoms with Gasteiger partial charge in [-0.15, -0.1) is 23.7 Å². The van der Waals surface area contributed by atoms with Gasteiger partial charge in [0.1, 0.15) is 0 Å². The van der Waals surface area contributed by atoms with Crippen LogP contribution in [0.4, 0.5) is 0 Å². The van der Waals surface area contributed by atoms with Crippen LogP contribution in [0.3, 0.4) is 0 Å². The van der Waals surface area contributed by atoms with Gasteiger partial charge in [-0.25, -0.2) is 0 Å². The molecular formula is C21H28ClN3OS. The molecule has 27 heavy (non-hydrogen) atoms. The monoisotopic (exact) mass is 405 g/mol. The SMILES string of the molecule is Cl.O=C(c1cc2c(s1)CCCC2)N(Cc1ccccn1)C1CCCNCC1. The number of amides is 1. The number of carbonyl (C=O) groups excluding carboxylic acids is 1. The van der Waals surface area contributed by atoms with E-state index in [9.17, 15) is 4.79 Å². The van der Waals surface area contributed by atoms with Gasteiger partial charge >= 0.3 is 0 Å². The van der Waals surface area contributed by atoms with Gasteiger partial charge in [0, 0.05) is 17.1 Å². The van der Waals surface area contributed by atoms with Gasteiger partial charge in [-0.2, -0.15) is 0 Å². The number of fused-ring (bicyclic) bond motifs is 1. The van der Waals surface area contributed by atoms with E-state index < -0.39 is 0 Å². The summed E-state index contributed by atoms with van der Waals surface area (Å²) in [4.78, 5) is 22.4. The average Bonchev–Trinajstić information content (AvgIpc) is 2.94. The molecule has 1 fully saturated rings. The van der Waals surface area contributed by atoms with Crippen molar-refractivity contribution in [3.8, 4) is 0 Å². The Morgan fingerprint density at radius 3 is 2.89 bits per heavy atom. The number of nitrogens with zero attached hydrogens (tertiary/aromatic N) is 2. The third kappa shape index (κ3) is 4.89. The zero-order chi connectivity index (χ0) is 17.8. The minimum atomic E-state index is 0. The molecule has 4 rings (SSSR count). The molecular weight excluding hydrogens is 378 g/mol. The Hall–Kier alpha value is -1.43. The smallest absolute Gasteiger partial charge is 0.264 e. The number of pyridine rings is 1. The van der Waals surface area contributed by atoms with Gasteiger partial charge in [-0.05, 0) is 81.8 Å². The molecule has 0 aromatic carbocycles. The normalized spacial score (nSPS) is 19.5. The van der Waals surface area contributed by atoms with E-state index in [1.807, 2.05) is 24.4 Å². The van der Waals surface area contributed by atoms with E-state index in [1.54, 1.807) is 11.3 Å². The van der Waals surface area contributed by atoms with E-state index in [0.717, 1.165) is 55.8 Å². The van der Waals surface area contributed by atoms with Gasteiger partial charge in [-0.1, -0.05) is 6.07 Å². The summed E-state index contributed by atoms with van der Waals surface area (Å²) in [6.45, 7) is 2.64. The lowest BCUT2D eigenvalue weighted by atomic mass is 9.99. The Bertz CT molecular complexity index is 718. The highest BCUT2D eigenvalue weighted by molar-refractivity contribution is 7.14. The van der Waals surface area contributed by atoms with E-state index in [-0.39, 0.29) is 18.3 Å². The van der Waals surface area contributed by atoms with Crippen molar-refractivity contribution in [2.45, 2.75) is 57.5 Å². The summed E-state index contributed by atoms with van der Waals surface area (Å²) in [5.74, 6) is 0.196. The maximum Gasteiger partial charge on any atom is 0.264 e. The second kappa shape index (κ2) is 9.67. The molecule has 1 aliphatic carbocycles. The van der Waals surface area contributed by atoms with Crippen molar-refractivity contribution in [1.82, 2.24) is 15.2 Å². The van der Waals surface area contributed by atoms with Crippen LogP contribution in [0.1, 0.15) is 57.9 Å². The summed E-state index contributed by atoms with van der Waals surface area (Å²) in [6.07, 6.45) is 9.80. The number of aromatic nitrogens is 1. The van der Waals surface area contributed by atoms with Crippen LogP contribution < -0.4 is 5.32 Å². The Kier molecular flexibility index (Phi) is 7.27. The lowest BCUT2D eigenvalue weighted by molar-refractivity contribution is 0.0647. The van der Waals surface area contributed by atoms with Crippen molar-refractivity contribution in [3.63, 3.8) is 0 Å². The Balaban J connectivity index is 0.00000210. The first kappa shape index (κ1) is 20.3. The lowest BCUT2D eigenvalue weighted by Gasteiger charge is -2.30. The molecule has 1 N–H and O–H groups in total. The molecule has 1 saturated heterocycles. The van der Waals surface area contributed by atoms with Gasteiger partial charge in [0.05, 0.1) is 17.1 Å². The number of carbonyl (C=O) groups is 1. The molecule has 1 amide bonds. The zero-order valence-corrected chi connectivity index (χ0v) is 17.3. The van der Waals surface area contributed by atoms with E-state index in [1.165, 1.54) is 23.3 Å². The summed E-state index contributed by atoms with van der Waals surface area (Å²) < 4.78 is 0. The van der Waals surface area contributed by atoms with E-state index in [0.29, 0.717) is 12.6 Å². The van der Waals surface area contributed by atoms with Gasteiger partial charge in [0.25, 0.3) is 5.91 Å². The first-order valence-electron chi connectivity index (χ1n) is 9.84. The van der Waals surface area contributed by atoms with E-state index >= 15 is 0 Å². The molecule has 4 nitrogen and oxygen atoms in total. The van der Waals surface area contributed by atoms with Crippen LogP contribution in [0.15, 0.2) is 30.5 Å². The van der Waals surface area contributed by atoms with Crippen molar-refractivity contribution in [3.05, 3.63) is 51.5 Å². The summed E-state index contributed by atoms with van der Waals surface area (Å²) in [5.41, 5.74) is 2.38. The number of halogens is 1. The van der Waals surface area contributed by atoms with E-state index in [2.05, 4.69) is 21.3 Å². The van der Waals surface area contributed by atoms with Crippen molar-refractivity contribution < 1.29 is 4.79 Å². The van der Waals surface area contributed by atoms with Crippen LogP contribution in [0.2, 0.25) is 0 Å². The predicted octanol–water partition coefficient (Wildman–Crippen LogP) is 4.23. The minimum absolute atomic E-state index is 0. The number of hydrogen-bond acceptors (Lipinski definition) is 4. The first-order valence-corrected chi connectivity index (χ1v) is 10.7. The Morgan fingerprint density at radius 1 is 1.19 bits per heavy atom. The molecule has 1 unspecified atom stereocenters. The fourth-order valence-corrected chi connectivity index (χ4v) is 5.29. The molecule has 2 aromatic rings. The highest BCUT2D eigenvalue weighted by Gasteiger charge is 2.28. The molecule has 146 valence electrons. The van der Waals surface area contributed by atoms with Crippen molar-refractivity contribution in [2.24, 2.45) is 0 Å². The fraction of sp³-hybridized carbons (Fsp3) is 0.524. The topological polar surface area (TPSA) is 45.2 Å². The quantitative estimate of drug-likeness (QED) is 0.827. The summed E-state index contributed by atoms with van der Waals surface area (Å²) in [5, 5.41) is 3.46. The minimum Gasteiger partial charge on any atom is -0.329 e. The van der Waals surface area contributed by atoms with E-state index in [4.69, 9.17) is 0 Å². The number of aryl methyl sites for hydroxylation is 2. The molecule has 1 atom stereocenters. The number of thiophene rings is 1. The Labute approximate surface area is 171 Å². The molecule has 2 aromatic heterocycles. The third-order valence-corrected chi connectivity index (χ3v) is 6.74. The van der Waals surface area contributed by atoms with Crippen LogP contribution in [0, 0.1) is 0 Å². The maximum atomic E-state index is 13.5. The maximum absolute atomic E-state index is 13.5. The van der Waals surface area contributed by atoms with Crippen molar-refractivity contribution in [2.75, 3.05) is 13.1 Å². The van der Waals surface area contributed by atoms with Gasteiger partial charge in [0.15, 0.2) is 0 Å². The number of nitrogens with one attached hydrogen (secondary N) is 1. The van der Waals surface area contributed by atoms with Gasteiger partial charge < -0.3 is 10.2 Å². The second-order valence-corrected chi connectivity index (χ2v) is 8.49. The van der Waals surface area contributed by atoms with Crippen molar-refractivity contribution in [1.29, 1.82) is 0 Å². The highest BCUT2D eigenvalue weighted by Crippen LogP contribution is 2.31. The fourth-order valence-electron chi connectivity index (χ4n) is 4.08. The molecule has 0 saturated carbocycles. The summed E-state index contributed by atoms with van der Waals surface area (Å²) in [6, 6.07) is 8.41. The lowest BCUT2D eigenvalue weighted by Crippen LogP contribution is -2.40. The molecule has 0 spiro atoms.